The molecule has 0 aliphatic heterocycles. The van der Waals surface area contributed by atoms with Crippen LogP contribution in [-0.4, -0.2) is 46.4 Å². The number of halogens is 3. The van der Waals surface area contributed by atoms with E-state index in [4.69, 9.17) is 4.74 Å². The second-order valence-electron chi connectivity index (χ2n) is 6.79. The van der Waals surface area contributed by atoms with E-state index >= 15 is 0 Å². The monoisotopic (exact) mass is 462 g/mol. The molecule has 2 aromatic carbocycles. The molecule has 11 heteroatoms. The van der Waals surface area contributed by atoms with Crippen molar-refractivity contribution in [3.63, 3.8) is 0 Å². The summed E-state index contributed by atoms with van der Waals surface area (Å²) in [6, 6.07) is 12.1. The number of aromatic hydroxyl groups is 1. The second kappa shape index (κ2) is 10.1. The van der Waals surface area contributed by atoms with Gasteiger partial charge in [-0.2, -0.15) is 18.3 Å². The van der Waals surface area contributed by atoms with Crippen molar-refractivity contribution in [1.82, 2.24) is 20.4 Å². The maximum Gasteiger partial charge on any atom is 0.435 e. The van der Waals surface area contributed by atoms with E-state index in [0.717, 1.165) is 10.9 Å². The van der Waals surface area contributed by atoms with E-state index in [-0.39, 0.29) is 24.5 Å². The van der Waals surface area contributed by atoms with Crippen molar-refractivity contribution in [2.45, 2.75) is 13.1 Å². The van der Waals surface area contributed by atoms with Crippen LogP contribution in [-0.2, 0) is 6.18 Å². The molecule has 0 saturated carbocycles. The molecule has 0 aliphatic carbocycles. The van der Waals surface area contributed by atoms with Crippen LogP contribution in [0.25, 0.3) is 5.69 Å². The van der Waals surface area contributed by atoms with Crippen LogP contribution in [0.5, 0.6) is 11.5 Å². The summed E-state index contributed by atoms with van der Waals surface area (Å²) < 4.78 is 46.3. The van der Waals surface area contributed by atoms with Gasteiger partial charge in [-0.05, 0) is 43.3 Å². The minimum absolute atomic E-state index is 0.00720. The van der Waals surface area contributed by atoms with E-state index in [1.165, 1.54) is 24.3 Å². The van der Waals surface area contributed by atoms with Gasteiger partial charge in [0, 0.05) is 24.8 Å². The number of carbonyl (C=O) groups excluding carboxylic acids is 2. The molecule has 8 nitrogen and oxygen atoms in total. The maximum absolute atomic E-state index is 13.4. The molecular formula is C22H21F3N4O4. The van der Waals surface area contributed by atoms with Crippen LogP contribution in [0.4, 0.5) is 13.2 Å². The summed E-state index contributed by atoms with van der Waals surface area (Å²) in [5.74, 6) is -1.10. The number of alkyl halides is 3. The molecule has 3 aromatic rings. The summed E-state index contributed by atoms with van der Waals surface area (Å²) >= 11 is 0. The lowest BCUT2D eigenvalue weighted by Gasteiger charge is -2.09. The fraction of sp³-hybridized carbons (Fsp3) is 0.227. The standard InChI is InChI=1S/C22H21F3N4O4/c1-2-33-15-9-7-14(8-10-15)20(31)26-11-12-27-21(32)16-13-29(28-19(16)22(23,24)25)17-5-3-4-6-18(17)30/h3-10,13,30H,2,11-12H2,1H3,(H,26,31)(H,27,32). The van der Waals surface area contributed by atoms with Crippen molar-refractivity contribution in [3.05, 3.63) is 71.5 Å². The van der Waals surface area contributed by atoms with Gasteiger partial charge in [0.05, 0.1) is 12.2 Å². The van der Waals surface area contributed by atoms with Crippen molar-refractivity contribution < 1.29 is 32.6 Å². The van der Waals surface area contributed by atoms with Crippen molar-refractivity contribution in [3.8, 4) is 17.2 Å². The Kier molecular flexibility index (Phi) is 7.21. The van der Waals surface area contributed by atoms with Crippen LogP contribution in [0, 0.1) is 0 Å². The van der Waals surface area contributed by atoms with Gasteiger partial charge in [0.15, 0.2) is 5.69 Å². The van der Waals surface area contributed by atoms with E-state index < -0.39 is 29.2 Å². The number of ether oxygens (including phenoxy) is 1. The molecule has 3 rings (SSSR count). The van der Waals surface area contributed by atoms with Gasteiger partial charge in [-0.15, -0.1) is 0 Å². The van der Waals surface area contributed by atoms with Crippen LogP contribution in [0.2, 0.25) is 0 Å². The molecule has 0 aliphatic rings. The molecule has 3 N–H and O–H groups in total. The van der Waals surface area contributed by atoms with Crippen LogP contribution in [0.3, 0.4) is 0 Å². The summed E-state index contributed by atoms with van der Waals surface area (Å²) in [5, 5.41) is 18.2. The van der Waals surface area contributed by atoms with Gasteiger partial charge in [0.25, 0.3) is 11.8 Å². The van der Waals surface area contributed by atoms with E-state index in [1.807, 2.05) is 6.92 Å². The molecule has 33 heavy (non-hydrogen) atoms. The van der Waals surface area contributed by atoms with Crippen molar-refractivity contribution in [1.29, 1.82) is 0 Å². The Morgan fingerprint density at radius 1 is 1.03 bits per heavy atom. The lowest BCUT2D eigenvalue weighted by molar-refractivity contribution is -0.141. The molecule has 0 saturated heterocycles. The predicted molar refractivity (Wildman–Crippen MR) is 113 cm³/mol. The average molecular weight is 462 g/mol. The normalized spacial score (nSPS) is 11.2. The molecule has 0 atom stereocenters. The summed E-state index contributed by atoms with van der Waals surface area (Å²) in [7, 11) is 0. The van der Waals surface area contributed by atoms with Gasteiger partial charge in [0.2, 0.25) is 0 Å². The van der Waals surface area contributed by atoms with Crippen LogP contribution in [0.1, 0.15) is 33.3 Å². The van der Waals surface area contributed by atoms with Crippen LogP contribution < -0.4 is 15.4 Å². The third-order valence-electron chi connectivity index (χ3n) is 4.48. The van der Waals surface area contributed by atoms with E-state index in [9.17, 15) is 27.9 Å². The third kappa shape index (κ3) is 5.82. The van der Waals surface area contributed by atoms with Gasteiger partial charge in [-0.3, -0.25) is 9.59 Å². The first-order valence-electron chi connectivity index (χ1n) is 9.95. The number of hydrogen-bond acceptors (Lipinski definition) is 5. The number of carbonyl (C=O) groups is 2. The minimum Gasteiger partial charge on any atom is -0.506 e. The number of amides is 2. The number of aromatic nitrogens is 2. The summed E-state index contributed by atoms with van der Waals surface area (Å²) in [6.07, 6.45) is -3.99. The summed E-state index contributed by atoms with van der Waals surface area (Å²) in [4.78, 5) is 24.6. The quantitative estimate of drug-likeness (QED) is 0.446. The van der Waals surface area contributed by atoms with Gasteiger partial charge < -0.3 is 20.5 Å². The summed E-state index contributed by atoms with van der Waals surface area (Å²) in [5.41, 5.74) is -1.73. The van der Waals surface area contributed by atoms with Gasteiger partial charge in [-0.1, -0.05) is 12.1 Å². The molecule has 1 heterocycles. The highest BCUT2D eigenvalue weighted by atomic mass is 19.4. The number of rotatable bonds is 8. The first kappa shape index (κ1) is 23.6. The molecule has 0 fully saturated rings. The number of nitrogens with zero attached hydrogens (tertiary/aromatic N) is 2. The Bertz CT molecular complexity index is 1130. The number of phenols is 1. The Balaban J connectivity index is 1.63. The van der Waals surface area contributed by atoms with Crippen molar-refractivity contribution in [2.75, 3.05) is 19.7 Å². The Labute approximate surface area is 187 Å². The minimum atomic E-state index is -4.88. The number of hydrogen-bond donors (Lipinski definition) is 3. The second-order valence-corrected chi connectivity index (χ2v) is 6.79. The fourth-order valence-corrected chi connectivity index (χ4v) is 2.95. The third-order valence-corrected chi connectivity index (χ3v) is 4.48. The molecular weight excluding hydrogens is 441 g/mol. The first-order chi connectivity index (χ1) is 15.7. The highest BCUT2D eigenvalue weighted by Crippen LogP contribution is 2.32. The van der Waals surface area contributed by atoms with Crippen molar-refractivity contribution in [2.24, 2.45) is 0 Å². The lowest BCUT2D eigenvalue weighted by Crippen LogP contribution is -2.35. The Morgan fingerprint density at radius 2 is 1.67 bits per heavy atom. The van der Waals surface area contributed by atoms with Crippen molar-refractivity contribution >= 4 is 11.8 Å². The van der Waals surface area contributed by atoms with Crippen LogP contribution in [0.15, 0.2) is 54.7 Å². The molecule has 2 amide bonds. The van der Waals surface area contributed by atoms with Crippen LogP contribution >= 0.6 is 0 Å². The average Bonchev–Trinajstić information content (AvgIpc) is 3.23. The number of benzene rings is 2. The zero-order valence-electron chi connectivity index (χ0n) is 17.5. The zero-order valence-corrected chi connectivity index (χ0v) is 17.5. The maximum atomic E-state index is 13.4. The van der Waals surface area contributed by atoms with Gasteiger partial charge >= 0.3 is 6.18 Å². The zero-order chi connectivity index (χ0) is 24.0. The largest absolute Gasteiger partial charge is 0.506 e. The molecule has 174 valence electrons. The highest BCUT2D eigenvalue weighted by Gasteiger charge is 2.39. The Morgan fingerprint density at radius 3 is 2.27 bits per heavy atom. The first-order valence-corrected chi connectivity index (χ1v) is 9.95. The molecule has 0 bridgehead atoms. The number of nitrogens with one attached hydrogen (secondary N) is 2. The van der Waals surface area contributed by atoms with Gasteiger partial charge in [-0.25, -0.2) is 4.68 Å². The lowest BCUT2D eigenvalue weighted by atomic mass is 10.2. The Hall–Kier alpha value is -4.02. The summed E-state index contributed by atoms with van der Waals surface area (Å²) in [6.45, 7) is 2.21. The molecule has 1 aromatic heterocycles. The number of phenolic OH excluding ortho intramolecular Hbond substituents is 1. The number of para-hydroxylation sites is 2. The predicted octanol–water partition coefficient (Wildman–Crippen LogP) is 3.16. The van der Waals surface area contributed by atoms with E-state index in [1.54, 1.807) is 24.3 Å². The SMILES string of the molecule is CCOc1ccc(C(=O)NCCNC(=O)c2cn(-c3ccccc3O)nc2C(F)(F)F)cc1. The van der Waals surface area contributed by atoms with E-state index in [0.29, 0.717) is 17.9 Å². The smallest absolute Gasteiger partial charge is 0.435 e. The topological polar surface area (TPSA) is 105 Å². The molecule has 0 unspecified atom stereocenters. The molecule has 0 spiro atoms. The van der Waals surface area contributed by atoms with Gasteiger partial charge in [0.1, 0.15) is 17.2 Å². The fourth-order valence-electron chi connectivity index (χ4n) is 2.95. The molecule has 0 radical (unpaired) electrons. The van der Waals surface area contributed by atoms with E-state index in [2.05, 4.69) is 15.7 Å². The highest BCUT2D eigenvalue weighted by molar-refractivity contribution is 5.96.